The van der Waals surface area contributed by atoms with Gasteiger partial charge in [-0.2, -0.15) is 0 Å². The van der Waals surface area contributed by atoms with Crippen LogP contribution in [-0.4, -0.2) is 41.6 Å². The number of esters is 1. The fourth-order valence-electron chi connectivity index (χ4n) is 2.36. The summed E-state index contributed by atoms with van der Waals surface area (Å²) in [5.41, 5.74) is 0. The molecule has 2 nitrogen and oxygen atoms in total. The quantitative estimate of drug-likeness (QED) is 0.406. The van der Waals surface area contributed by atoms with E-state index in [4.69, 9.17) is 4.74 Å². The Morgan fingerprint density at radius 1 is 1.33 bits per heavy atom. The Kier molecular flexibility index (Phi) is 8.87. The third-order valence-electron chi connectivity index (χ3n) is 3.09. The second kappa shape index (κ2) is 8.60. The van der Waals surface area contributed by atoms with Crippen LogP contribution in [0.15, 0.2) is 0 Å². The van der Waals surface area contributed by atoms with Crippen LogP contribution in [0, 0.1) is 5.92 Å². The Labute approximate surface area is 115 Å². The molecule has 0 aromatic carbocycles. The van der Waals surface area contributed by atoms with Gasteiger partial charge in [0.2, 0.25) is 0 Å². The fourth-order valence-corrected chi connectivity index (χ4v) is 2.36. The molecule has 1 aliphatic rings. The van der Waals surface area contributed by atoms with Gasteiger partial charge < -0.3 is 4.74 Å². The third kappa shape index (κ3) is 5.94. The van der Waals surface area contributed by atoms with E-state index in [0.717, 1.165) is 6.42 Å². The minimum atomic E-state index is -0.114. The molecule has 0 amide bonds. The molecule has 0 aromatic rings. The average molecular weight is 222 g/mol. The number of unbranched alkanes of at least 4 members (excludes halogenated alkanes) is 2. The molecule has 0 spiro atoms. The van der Waals surface area contributed by atoms with Crippen LogP contribution in [0.25, 0.3) is 0 Å². The standard InChI is InChI=1S/C12H22O2.Na.H/c1-3-4-5-7-11-8-6-9-12(11)14-10(2)13;;/h11-12H,3-9H2,1-2H3;;. The van der Waals surface area contributed by atoms with E-state index in [2.05, 4.69) is 6.92 Å². The molecule has 2 unspecified atom stereocenters. The maximum atomic E-state index is 10.9. The van der Waals surface area contributed by atoms with Gasteiger partial charge in [-0.3, -0.25) is 4.79 Å². The first-order chi connectivity index (χ1) is 6.74. The molecule has 0 N–H and O–H groups in total. The third-order valence-corrected chi connectivity index (χ3v) is 3.09. The van der Waals surface area contributed by atoms with Crippen LogP contribution in [0.4, 0.5) is 0 Å². The van der Waals surface area contributed by atoms with Crippen molar-refractivity contribution in [1.82, 2.24) is 0 Å². The Hall–Kier alpha value is 0.470. The van der Waals surface area contributed by atoms with Crippen molar-refractivity contribution in [3.63, 3.8) is 0 Å². The van der Waals surface area contributed by atoms with E-state index in [-0.39, 0.29) is 41.6 Å². The van der Waals surface area contributed by atoms with Crippen LogP contribution in [0.1, 0.15) is 58.8 Å². The van der Waals surface area contributed by atoms with Gasteiger partial charge in [-0.25, -0.2) is 0 Å². The van der Waals surface area contributed by atoms with Crippen molar-refractivity contribution in [2.24, 2.45) is 5.92 Å². The molecule has 0 bridgehead atoms. The van der Waals surface area contributed by atoms with Crippen LogP contribution in [0.2, 0.25) is 0 Å². The Morgan fingerprint density at radius 3 is 2.67 bits per heavy atom. The van der Waals surface area contributed by atoms with Crippen LogP contribution in [0.3, 0.4) is 0 Å². The van der Waals surface area contributed by atoms with Crippen LogP contribution in [0.5, 0.6) is 0 Å². The van der Waals surface area contributed by atoms with E-state index in [9.17, 15) is 4.79 Å². The molecule has 84 valence electrons. The van der Waals surface area contributed by atoms with Gasteiger partial charge in [0, 0.05) is 6.92 Å². The molecular formula is C12H23NaO2. The van der Waals surface area contributed by atoms with Crippen molar-refractivity contribution in [3.05, 3.63) is 0 Å². The zero-order valence-corrected chi connectivity index (χ0v) is 9.42. The van der Waals surface area contributed by atoms with Gasteiger partial charge >= 0.3 is 35.5 Å². The van der Waals surface area contributed by atoms with Crippen molar-refractivity contribution in [2.45, 2.75) is 64.9 Å². The predicted molar refractivity (Wildman–Crippen MR) is 64.2 cm³/mol. The number of carbonyl (C=O) groups is 1. The molecule has 15 heavy (non-hydrogen) atoms. The SMILES string of the molecule is CCCCCC1CCCC1OC(C)=O.[NaH]. The van der Waals surface area contributed by atoms with Gasteiger partial charge in [0.05, 0.1) is 0 Å². The average Bonchev–Trinajstić information content (AvgIpc) is 2.52. The Morgan fingerprint density at radius 2 is 2.07 bits per heavy atom. The predicted octanol–water partition coefficient (Wildman–Crippen LogP) is 2.65. The van der Waals surface area contributed by atoms with Crippen molar-refractivity contribution in [3.8, 4) is 0 Å². The summed E-state index contributed by atoms with van der Waals surface area (Å²) in [7, 11) is 0. The van der Waals surface area contributed by atoms with E-state index in [1.54, 1.807) is 0 Å². The molecule has 1 saturated carbocycles. The molecule has 1 fully saturated rings. The topological polar surface area (TPSA) is 26.3 Å². The van der Waals surface area contributed by atoms with Crippen LogP contribution < -0.4 is 0 Å². The summed E-state index contributed by atoms with van der Waals surface area (Å²) < 4.78 is 5.32. The van der Waals surface area contributed by atoms with E-state index in [1.807, 2.05) is 0 Å². The number of hydrogen-bond acceptors (Lipinski definition) is 2. The summed E-state index contributed by atoms with van der Waals surface area (Å²) in [6, 6.07) is 0. The fraction of sp³-hybridized carbons (Fsp3) is 0.917. The summed E-state index contributed by atoms with van der Waals surface area (Å²) in [6.45, 7) is 3.74. The summed E-state index contributed by atoms with van der Waals surface area (Å²) in [6.07, 6.45) is 8.90. The van der Waals surface area contributed by atoms with Crippen LogP contribution in [-0.2, 0) is 9.53 Å². The number of rotatable bonds is 5. The van der Waals surface area contributed by atoms with E-state index < -0.39 is 0 Å². The van der Waals surface area contributed by atoms with Gasteiger partial charge in [0.1, 0.15) is 6.10 Å². The van der Waals surface area contributed by atoms with Gasteiger partial charge in [-0.05, 0) is 31.6 Å². The van der Waals surface area contributed by atoms with Crippen molar-refractivity contribution >= 4 is 35.5 Å². The Bertz CT molecular complexity index is 182. The Balaban J connectivity index is 0.00000196. The summed E-state index contributed by atoms with van der Waals surface area (Å²) in [5.74, 6) is 0.530. The normalized spacial score (nSPS) is 24.7. The molecular weight excluding hydrogens is 199 g/mol. The van der Waals surface area contributed by atoms with Crippen LogP contribution >= 0.6 is 0 Å². The second-order valence-corrected chi connectivity index (χ2v) is 4.33. The number of ether oxygens (including phenoxy) is 1. The first-order valence-electron chi connectivity index (χ1n) is 5.91. The molecule has 0 aliphatic heterocycles. The van der Waals surface area contributed by atoms with Gasteiger partial charge in [-0.1, -0.05) is 26.2 Å². The molecule has 1 rings (SSSR count). The molecule has 3 heteroatoms. The van der Waals surface area contributed by atoms with Gasteiger partial charge in [0.15, 0.2) is 0 Å². The molecule has 1 aliphatic carbocycles. The zero-order valence-electron chi connectivity index (χ0n) is 9.42. The zero-order chi connectivity index (χ0) is 10.4. The number of hydrogen-bond donors (Lipinski definition) is 0. The first kappa shape index (κ1) is 15.5. The van der Waals surface area contributed by atoms with Gasteiger partial charge in [0.25, 0.3) is 0 Å². The first-order valence-corrected chi connectivity index (χ1v) is 5.91. The van der Waals surface area contributed by atoms with Crippen molar-refractivity contribution in [1.29, 1.82) is 0 Å². The monoisotopic (exact) mass is 222 g/mol. The molecule has 0 aromatic heterocycles. The minimum absolute atomic E-state index is 0. The maximum absolute atomic E-state index is 10.9. The molecule has 0 saturated heterocycles. The molecule has 0 radical (unpaired) electrons. The van der Waals surface area contributed by atoms with E-state index in [1.165, 1.54) is 45.4 Å². The van der Waals surface area contributed by atoms with E-state index in [0.29, 0.717) is 5.92 Å². The summed E-state index contributed by atoms with van der Waals surface area (Å²) >= 11 is 0. The second-order valence-electron chi connectivity index (χ2n) is 4.33. The summed E-state index contributed by atoms with van der Waals surface area (Å²) in [5, 5.41) is 0. The molecule has 2 atom stereocenters. The molecule has 0 heterocycles. The summed E-state index contributed by atoms with van der Waals surface area (Å²) in [4.78, 5) is 10.9. The number of carbonyl (C=O) groups excluding carboxylic acids is 1. The van der Waals surface area contributed by atoms with Crippen molar-refractivity contribution in [2.75, 3.05) is 0 Å². The van der Waals surface area contributed by atoms with E-state index >= 15 is 0 Å². The van der Waals surface area contributed by atoms with Gasteiger partial charge in [-0.15, -0.1) is 0 Å². The van der Waals surface area contributed by atoms with Crippen molar-refractivity contribution < 1.29 is 9.53 Å².